The molecule has 4 aliphatic carbocycles. The van der Waals surface area contributed by atoms with E-state index in [0.29, 0.717) is 16.4 Å². The van der Waals surface area contributed by atoms with Crippen LogP contribution in [0.25, 0.3) is 0 Å². The fourth-order valence-corrected chi connectivity index (χ4v) is 5.65. The number of amides is 1. The summed E-state index contributed by atoms with van der Waals surface area (Å²) in [6.45, 7) is 0. The Labute approximate surface area is 158 Å². The first-order chi connectivity index (χ1) is 12.5. The van der Waals surface area contributed by atoms with Gasteiger partial charge in [0.05, 0.1) is 10.7 Å². The highest BCUT2D eigenvalue weighted by atomic mass is 35.5. The van der Waals surface area contributed by atoms with E-state index in [9.17, 15) is 10.1 Å². The third-order valence-corrected chi connectivity index (χ3v) is 6.51. The third-order valence-electron chi connectivity index (χ3n) is 6.18. The number of hydrogen-bond acceptors (Lipinski definition) is 4. The number of nitrogens with zero attached hydrogens (tertiary/aromatic N) is 1. The molecule has 26 heavy (non-hydrogen) atoms. The quantitative estimate of drug-likeness (QED) is 0.426. The minimum Gasteiger partial charge on any atom is -0.398 e. The molecule has 4 aliphatic rings. The van der Waals surface area contributed by atoms with E-state index in [1.165, 1.54) is 19.3 Å². The molecule has 136 valence electrons. The van der Waals surface area contributed by atoms with Crippen molar-refractivity contribution in [1.29, 1.82) is 5.26 Å². The van der Waals surface area contributed by atoms with Gasteiger partial charge in [-0.2, -0.15) is 5.26 Å². The van der Waals surface area contributed by atoms with Crippen LogP contribution in [0.4, 0.5) is 11.4 Å². The summed E-state index contributed by atoms with van der Waals surface area (Å²) in [5.41, 5.74) is 6.79. The van der Waals surface area contributed by atoms with Crippen LogP contribution in [-0.4, -0.2) is 11.4 Å². The first-order valence-corrected chi connectivity index (χ1v) is 9.58. The summed E-state index contributed by atoms with van der Waals surface area (Å²) in [6, 6.07) is 6.88. The van der Waals surface area contributed by atoms with Crippen molar-refractivity contribution in [1.82, 2.24) is 5.32 Å². The molecule has 5 nitrogen and oxygen atoms in total. The van der Waals surface area contributed by atoms with Crippen molar-refractivity contribution in [3.63, 3.8) is 0 Å². The predicted molar refractivity (Wildman–Crippen MR) is 102 cm³/mol. The fourth-order valence-electron chi connectivity index (χ4n) is 5.46. The molecule has 0 spiro atoms. The van der Waals surface area contributed by atoms with E-state index in [1.54, 1.807) is 24.4 Å². The van der Waals surface area contributed by atoms with Crippen molar-refractivity contribution < 1.29 is 4.79 Å². The lowest BCUT2D eigenvalue weighted by atomic mass is 9.53. The summed E-state index contributed by atoms with van der Waals surface area (Å²) in [5.74, 6) is 1.97. The maximum atomic E-state index is 12.4. The van der Waals surface area contributed by atoms with Gasteiger partial charge < -0.3 is 16.4 Å². The zero-order chi connectivity index (χ0) is 18.3. The molecule has 1 amide bonds. The Morgan fingerprint density at radius 1 is 1.23 bits per heavy atom. The molecule has 0 heterocycles. The second-order valence-electron chi connectivity index (χ2n) is 8.20. The van der Waals surface area contributed by atoms with Crippen LogP contribution in [-0.2, 0) is 4.79 Å². The Kier molecular flexibility index (Phi) is 4.32. The van der Waals surface area contributed by atoms with E-state index in [1.807, 2.05) is 6.07 Å². The first-order valence-electron chi connectivity index (χ1n) is 9.21. The van der Waals surface area contributed by atoms with Crippen LogP contribution < -0.4 is 16.4 Å². The smallest absolute Gasteiger partial charge is 0.267 e. The highest BCUT2D eigenvalue weighted by Crippen LogP contribution is 2.55. The molecule has 0 unspecified atom stereocenters. The number of nitrogen functional groups attached to an aromatic ring is 1. The highest BCUT2D eigenvalue weighted by molar-refractivity contribution is 6.33. The van der Waals surface area contributed by atoms with Crippen LogP contribution in [0, 0.1) is 29.1 Å². The largest absolute Gasteiger partial charge is 0.398 e. The topological polar surface area (TPSA) is 90.9 Å². The molecule has 1 aromatic carbocycles. The number of carbonyl (C=O) groups excluding carboxylic acids is 1. The van der Waals surface area contributed by atoms with Crippen LogP contribution in [0.1, 0.15) is 38.5 Å². The Balaban J connectivity index is 1.46. The van der Waals surface area contributed by atoms with Gasteiger partial charge in [-0.3, -0.25) is 4.79 Å². The maximum Gasteiger partial charge on any atom is 0.267 e. The standard InChI is InChI=1S/C20H23ClN4O/c21-17-6-16(1-2-18(17)23)25-19(26)15(10-22)11-24-20-7-12-3-13(8-20)5-14(4-12)9-20/h1-2,6,11-14,24H,3-5,7-9,23H2,(H,25,26)/b15-11-. The number of halogens is 1. The third kappa shape index (κ3) is 3.26. The molecule has 5 rings (SSSR count). The van der Waals surface area contributed by atoms with Gasteiger partial charge in [-0.05, 0) is 74.5 Å². The van der Waals surface area contributed by atoms with Gasteiger partial charge in [0, 0.05) is 17.4 Å². The van der Waals surface area contributed by atoms with Crippen LogP contribution in [0.3, 0.4) is 0 Å². The van der Waals surface area contributed by atoms with Crippen molar-refractivity contribution in [2.45, 2.75) is 44.1 Å². The van der Waals surface area contributed by atoms with Gasteiger partial charge in [0.2, 0.25) is 0 Å². The summed E-state index contributed by atoms with van der Waals surface area (Å²) in [5, 5.41) is 16.0. The average Bonchev–Trinajstić information content (AvgIpc) is 2.57. The Morgan fingerprint density at radius 3 is 2.38 bits per heavy atom. The Morgan fingerprint density at radius 2 is 1.85 bits per heavy atom. The van der Waals surface area contributed by atoms with Crippen LogP contribution in [0.5, 0.6) is 0 Å². The SMILES string of the molecule is N#C/C(=C/NC12CC3CC(CC(C3)C1)C2)C(=O)Nc1ccc(N)c(Cl)c1. The van der Waals surface area contributed by atoms with Crippen molar-refractivity contribution in [3.05, 3.63) is 35.0 Å². The van der Waals surface area contributed by atoms with Gasteiger partial charge in [0.15, 0.2) is 0 Å². The molecular formula is C20H23ClN4O. The molecule has 4 N–H and O–H groups in total. The molecule has 6 heteroatoms. The normalized spacial score (nSPS) is 32.2. The lowest BCUT2D eigenvalue weighted by Gasteiger charge is -2.56. The zero-order valence-electron chi connectivity index (χ0n) is 14.6. The van der Waals surface area contributed by atoms with E-state index in [0.717, 1.165) is 37.0 Å². The fraction of sp³-hybridized carbons (Fsp3) is 0.500. The van der Waals surface area contributed by atoms with Gasteiger partial charge in [-0.15, -0.1) is 0 Å². The first kappa shape index (κ1) is 17.2. The van der Waals surface area contributed by atoms with Gasteiger partial charge >= 0.3 is 0 Å². The van der Waals surface area contributed by atoms with Gasteiger partial charge in [-0.25, -0.2) is 0 Å². The second-order valence-corrected chi connectivity index (χ2v) is 8.61. The summed E-state index contributed by atoms with van der Waals surface area (Å²) in [4.78, 5) is 12.4. The van der Waals surface area contributed by atoms with Gasteiger partial charge in [0.25, 0.3) is 5.91 Å². The lowest BCUT2D eigenvalue weighted by molar-refractivity contribution is -0.112. The number of benzene rings is 1. The highest BCUT2D eigenvalue weighted by Gasteiger charge is 2.50. The van der Waals surface area contributed by atoms with E-state index >= 15 is 0 Å². The molecule has 1 aromatic rings. The molecular weight excluding hydrogens is 348 g/mol. The lowest BCUT2D eigenvalue weighted by Crippen LogP contribution is -2.57. The number of nitrogens with two attached hydrogens (primary N) is 1. The van der Waals surface area contributed by atoms with Crippen molar-refractivity contribution in [2.75, 3.05) is 11.1 Å². The molecule has 0 saturated heterocycles. The minimum absolute atomic E-state index is 0.0711. The van der Waals surface area contributed by atoms with Crippen LogP contribution in [0.2, 0.25) is 5.02 Å². The number of rotatable bonds is 4. The van der Waals surface area contributed by atoms with E-state index in [2.05, 4.69) is 10.6 Å². The molecule has 4 bridgehead atoms. The molecule has 4 fully saturated rings. The molecule has 0 aromatic heterocycles. The molecule has 4 saturated carbocycles. The van der Waals surface area contributed by atoms with Crippen LogP contribution in [0.15, 0.2) is 30.0 Å². The van der Waals surface area contributed by atoms with Crippen molar-refractivity contribution >= 4 is 28.9 Å². The molecule has 0 radical (unpaired) electrons. The molecule has 0 atom stereocenters. The molecule has 0 aliphatic heterocycles. The predicted octanol–water partition coefficient (Wildman–Crippen LogP) is 3.83. The average molecular weight is 371 g/mol. The number of hydrogen-bond donors (Lipinski definition) is 3. The number of anilines is 2. The second kappa shape index (κ2) is 6.51. The number of carbonyl (C=O) groups is 1. The van der Waals surface area contributed by atoms with Gasteiger partial charge in [-0.1, -0.05) is 11.6 Å². The summed E-state index contributed by atoms with van der Waals surface area (Å²) < 4.78 is 0. The Hall–Kier alpha value is -2.19. The number of nitrogens with one attached hydrogen (secondary N) is 2. The Bertz CT molecular complexity index is 775. The minimum atomic E-state index is -0.439. The van der Waals surface area contributed by atoms with Gasteiger partial charge in [0.1, 0.15) is 11.6 Å². The zero-order valence-corrected chi connectivity index (χ0v) is 15.4. The monoisotopic (exact) mass is 370 g/mol. The van der Waals surface area contributed by atoms with Crippen molar-refractivity contribution in [2.24, 2.45) is 17.8 Å². The summed E-state index contributed by atoms with van der Waals surface area (Å²) >= 11 is 5.98. The summed E-state index contributed by atoms with van der Waals surface area (Å²) in [6.07, 6.45) is 9.15. The van der Waals surface area contributed by atoms with E-state index in [4.69, 9.17) is 17.3 Å². The maximum absolute atomic E-state index is 12.4. The number of nitriles is 1. The van der Waals surface area contributed by atoms with Crippen molar-refractivity contribution in [3.8, 4) is 6.07 Å². The summed E-state index contributed by atoms with van der Waals surface area (Å²) in [7, 11) is 0. The van der Waals surface area contributed by atoms with E-state index < -0.39 is 5.91 Å². The van der Waals surface area contributed by atoms with E-state index in [-0.39, 0.29) is 11.1 Å². The van der Waals surface area contributed by atoms with Crippen LogP contribution >= 0.6 is 11.6 Å².